The second-order valence-electron chi connectivity index (χ2n) is 19.8. The number of carboxylic acid groups (broad SMARTS) is 1. The number of nitrogens with one attached hydrogen (secondary N) is 6. The van der Waals surface area contributed by atoms with Crippen molar-refractivity contribution in [3.8, 4) is 11.1 Å². The minimum atomic E-state index is -1.63. The van der Waals surface area contributed by atoms with Gasteiger partial charge in [-0.2, -0.15) is 0 Å². The molecule has 18 nitrogen and oxygen atoms in total. The van der Waals surface area contributed by atoms with Crippen molar-refractivity contribution in [2.24, 2.45) is 11.8 Å². The van der Waals surface area contributed by atoms with Crippen LogP contribution < -0.4 is 31.9 Å². The number of carboxylic acids is 1. The van der Waals surface area contributed by atoms with Crippen LogP contribution in [0.15, 0.2) is 79.0 Å². The maximum Gasteiger partial charge on any atom is 0.419 e. The molecule has 18 heteroatoms. The number of hydrogen-bond donors (Lipinski definition) is 7. The Kier molecular flexibility index (Phi) is 17.6. The highest BCUT2D eigenvalue weighted by Gasteiger charge is 2.36. The summed E-state index contributed by atoms with van der Waals surface area (Å²) in [6.07, 6.45) is 0.244. The Labute approximate surface area is 413 Å². The molecule has 1 saturated heterocycles. The van der Waals surface area contributed by atoms with Crippen LogP contribution >= 0.6 is 0 Å². The molecule has 4 aromatic rings. The van der Waals surface area contributed by atoms with E-state index in [0.29, 0.717) is 29.3 Å². The maximum atomic E-state index is 14.8. The maximum absolute atomic E-state index is 14.8. The number of alkyl carbamates (subject to hydrolysis) is 1. The number of hydrogen-bond acceptors (Lipinski definition) is 10. The summed E-state index contributed by atoms with van der Waals surface area (Å²) in [5.41, 5.74) is 4.16. The Morgan fingerprint density at radius 1 is 0.789 bits per heavy atom. The van der Waals surface area contributed by atoms with Gasteiger partial charge in [0.1, 0.15) is 42.4 Å². The van der Waals surface area contributed by atoms with Gasteiger partial charge in [-0.3, -0.25) is 28.5 Å². The number of benzene rings is 3. The molecule has 71 heavy (non-hydrogen) atoms. The van der Waals surface area contributed by atoms with Gasteiger partial charge < -0.3 is 46.5 Å². The van der Waals surface area contributed by atoms with Gasteiger partial charge in [0.25, 0.3) is 0 Å². The molecule has 1 fully saturated rings. The summed E-state index contributed by atoms with van der Waals surface area (Å²) in [4.78, 5) is 110. The summed E-state index contributed by atoms with van der Waals surface area (Å²) < 4.78 is 12.9. The Morgan fingerprint density at radius 2 is 1.41 bits per heavy atom. The number of aromatic nitrogens is 1. The van der Waals surface area contributed by atoms with E-state index in [1.54, 1.807) is 58.9 Å². The van der Waals surface area contributed by atoms with Crippen molar-refractivity contribution >= 4 is 58.6 Å². The zero-order valence-corrected chi connectivity index (χ0v) is 41.5. The molecule has 7 N–H and O–H groups in total. The quantitative estimate of drug-likeness (QED) is 0.102. The summed E-state index contributed by atoms with van der Waals surface area (Å²) in [5.74, 6) is -6.16. The number of nitrogens with zero attached hydrogens (tertiary/aromatic N) is 1. The zero-order chi connectivity index (χ0) is 51.6. The predicted octanol–water partition coefficient (Wildman–Crippen LogP) is 5.68. The zero-order valence-electron chi connectivity index (χ0n) is 41.5. The SMILES string of the molecule is CC[C@H](C)[C@@H]1NC(=O)[C@H](CC(C)C)NC(=O)[C@H](Cc2cn(C(=O)OC(C)(C)C)c3ccccc23)NC(=O)[C@@H](NC(=O)OCC2c3ccccc3-c3ccccc32)CCCCNC(=O)C[C@@H](C(=O)O)NC1=O. The predicted molar refractivity (Wildman–Crippen MR) is 265 cm³/mol. The molecule has 380 valence electrons. The summed E-state index contributed by atoms with van der Waals surface area (Å²) in [6, 6.07) is 15.9. The van der Waals surface area contributed by atoms with Crippen LogP contribution in [-0.4, -0.2) is 106 Å². The highest BCUT2D eigenvalue weighted by atomic mass is 16.6. The molecule has 2 heterocycles. The van der Waals surface area contributed by atoms with Crippen molar-refractivity contribution < 1.29 is 52.9 Å². The van der Waals surface area contributed by atoms with E-state index in [2.05, 4.69) is 31.9 Å². The highest BCUT2D eigenvalue weighted by Crippen LogP contribution is 2.44. The van der Waals surface area contributed by atoms with Gasteiger partial charge in [-0.25, -0.2) is 14.4 Å². The number of aliphatic carboxylic acids is 1. The number of carbonyl (C=O) groups excluding carboxylic acids is 7. The van der Waals surface area contributed by atoms with E-state index in [9.17, 15) is 43.5 Å². The third kappa shape index (κ3) is 13.8. The number of amides is 6. The molecular weight excluding hydrogens is 911 g/mol. The van der Waals surface area contributed by atoms with E-state index in [4.69, 9.17) is 9.47 Å². The molecule has 0 radical (unpaired) electrons. The lowest BCUT2D eigenvalue weighted by Crippen LogP contribution is -2.60. The van der Waals surface area contributed by atoms with Gasteiger partial charge in [-0.05, 0) is 92.2 Å². The standard InChI is InChI=1S/C53H67N7O11/c1-8-31(4)45-49(65)57-42(50(66)67)27-44(61)54-24-16-15-22-39(58-51(68)70-29-38-36-20-11-9-18-34(36)35-19-10-12-21-37(35)38)46(62)56-41(47(63)55-40(25-30(2)3)48(64)59-45)26-32-28-60(52(69)71-53(5,6)7)43-23-14-13-17-33(32)43/h9-14,17-21,23,28,30-31,38-42,45H,8,15-16,22,24-27,29H2,1-7H3,(H,54,61)(H,55,63)(H,56,62)(H,57,65)(H,58,68)(H,59,64)(H,66,67)/t31-,39-,40-,41-,42-,45-/m0/s1. The van der Waals surface area contributed by atoms with Crippen molar-refractivity contribution in [1.82, 2.24) is 36.5 Å². The number of fused-ring (bicyclic) bond motifs is 4. The van der Waals surface area contributed by atoms with Crippen LogP contribution in [0.2, 0.25) is 0 Å². The van der Waals surface area contributed by atoms with Crippen LogP contribution in [-0.2, 0) is 44.7 Å². The molecule has 6 amide bonds. The third-order valence-electron chi connectivity index (χ3n) is 12.8. The number of rotatable bonds is 10. The number of ether oxygens (including phenoxy) is 2. The number of para-hydroxylation sites is 1. The summed E-state index contributed by atoms with van der Waals surface area (Å²) in [5, 5.41) is 26.8. The highest BCUT2D eigenvalue weighted by molar-refractivity contribution is 5.98. The summed E-state index contributed by atoms with van der Waals surface area (Å²) >= 11 is 0. The molecule has 0 saturated carbocycles. The lowest BCUT2D eigenvalue weighted by Gasteiger charge is -2.29. The van der Waals surface area contributed by atoms with Gasteiger partial charge in [0, 0.05) is 30.5 Å². The van der Waals surface area contributed by atoms with E-state index < -0.39 is 95.8 Å². The van der Waals surface area contributed by atoms with Crippen LogP contribution in [0.1, 0.15) is 110 Å². The molecule has 2 aliphatic rings. The molecule has 0 unspecified atom stereocenters. The Balaban J connectivity index is 1.34. The molecule has 1 aliphatic heterocycles. The first-order valence-corrected chi connectivity index (χ1v) is 24.4. The largest absolute Gasteiger partial charge is 0.480 e. The van der Waals surface area contributed by atoms with Gasteiger partial charge >= 0.3 is 18.2 Å². The first kappa shape index (κ1) is 53.1. The normalized spacial score (nSPS) is 21.4. The first-order chi connectivity index (χ1) is 33.7. The van der Waals surface area contributed by atoms with Crippen LogP contribution in [0, 0.1) is 11.8 Å². The minimum Gasteiger partial charge on any atom is -0.480 e. The van der Waals surface area contributed by atoms with Crippen LogP contribution in [0.5, 0.6) is 0 Å². The summed E-state index contributed by atoms with van der Waals surface area (Å²) in [6.45, 7) is 12.4. The molecular formula is C53H67N7O11. The topological polar surface area (TPSA) is 252 Å². The molecule has 0 bridgehead atoms. The lowest BCUT2D eigenvalue weighted by molar-refractivity contribution is -0.144. The minimum absolute atomic E-state index is 0.0153. The summed E-state index contributed by atoms with van der Waals surface area (Å²) in [7, 11) is 0. The second kappa shape index (κ2) is 23.6. The molecule has 6 atom stereocenters. The van der Waals surface area contributed by atoms with Gasteiger partial charge in [-0.1, -0.05) is 101 Å². The van der Waals surface area contributed by atoms with Crippen molar-refractivity contribution in [2.45, 2.75) is 135 Å². The second-order valence-corrected chi connectivity index (χ2v) is 19.8. The molecule has 3 aromatic carbocycles. The Bertz CT molecular complexity index is 2570. The van der Waals surface area contributed by atoms with E-state index in [0.717, 1.165) is 22.3 Å². The van der Waals surface area contributed by atoms with E-state index in [1.807, 2.05) is 62.4 Å². The fourth-order valence-electron chi connectivity index (χ4n) is 8.98. The van der Waals surface area contributed by atoms with Crippen molar-refractivity contribution in [1.29, 1.82) is 0 Å². The molecule has 0 spiro atoms. The van der Waals surface area contributed by atoms with Crippen molar-refractivity contribution in [3.63, 3.8) is 0 Å². The molecule has 1 aliphatic carbocycles. The molecule has 6 rings (SSSR count). The van der Waals surface area contributed by atoms with Crippen molar-refractivity contribution in [2.75, 3.05) is 13.2 Å². The third-order valence-corrected chi connectivity index (χ3v) is 12.8. The fourth-order valence-corrected chi connectivity index (χ4v) is 8.98. The Hall–Kier alpha value is -7.24. The van der Waals surface area contributed by atoms with Gasteiger partial charge in [0.15, 0.2) is 0 Å². The fraction of sp³-hybridized carbons (Fsp3) is 0.472. The van der Waals surface area contributed by atoms with Gasteiger partial charge in [-0.15, -0.1) is 0 Å². The monoisotopic (exact) mass is 977 g/mol. The van der Waals surface area contributed by atoms with E-state index in [1.165, 1.54) is 10.8 Å². The van der Waals surface area contributed by atoms with E-state index in [-0.39, 0.29) is 50.7 Å². The van der Waals surface area contributed by atoms with Crippen LogP contribution in [0.4, 0.5) is 9.59 Å². The van der Waals surface area contributed by atoms with Gasteiger partial charge in [0.2, 0.25) is 29.5 Å². The number of carbonyl (C=O) groups is 8. The smallest absolute Gasteiger partial charge is 0.419 e. The first-order valence-electron chi connectivity index (χ1n) is 24.4. The van der Waals surface area contributed by atoms with Crippen LogP contribution in [0.25, 0.3) is 22.0 Å². The van der Waals surface area contributed by atoms with Gasteiger partial charge in [0.05, 0.1) is 11.9 Å². The van der Waals surface area contributed by atoms with Crippen molar-refractivity contribution in [3.05, 3.63) is 95.7 Å². The molecule has 1 aromatic heterocycles. The average Bonchev–Trinajstić information content (AvgIpc) is 3.85. The lowest BCUT2D eigenvalue weighted by atomic mass is 9.96. The van der Waals surface area contributed by atoms with Crippen LogP contribution in [0.3, 0.4) is 0 Å². The average molecular weight is 978 g/mol. The van der Waals surface area contributed by atoms with E-state index >= 15 is 0 Å². The Morgan fingerprint density at radius 3 is 2.04 bits per heavy atom.